The van der Waals surface area contributed by atoms with E-state index in [1.54, 1.807) is 19.3 Å². The first-order valence-corrected chi connectivity index (χ1v) is 9.33. The lowest BCUT2D eigenvalue weighted by Crippen LogP contribution is -2.26. The number of pyridine rings is 2. The van der Waals surface area contributed by atoms with Gasteiger partial charge in [-0.1, -0.05) is 18.2 Å². The van der Waals surface area contributed by atoms with Crippen molar-refractivity contribution in [1.82, 2.24) is 14.5 Å². The molecule has 0 bridgehead atoms. The Bertz CT molecular complexity index is 1320. The van der Waals surface area contributed by atoms with Crippen molar-refractivity contribution in [1.29, 1.82) is 0 Å². The molecule has 0 saturated carbocycles. The molecular formula is C22H19N3O3. The minimum absolute atomic E-state index is 0.0684. The summed E-state index contributed by atoms with van der Waals surface area (Å²) in [6.45, 7) is 3.80. The molecule has 4 heterocycles. The third-order valence-electron chi connectivity index (χ3n) is 5.50. The molecule has 3 aromatic heterocycles. The van der Waals surface area contributed by atoms with Gasteiger partial charge in [0, 0.05) is 42.3 Å². The molecule has 0 spiro atoms. The molecule has 1 aliphatic rings. The molecule has 1 N–H and O–H groups in total. The second-order valence-electron chi connectivity index (χ2n) is 7.20. The molecule has 1 atom stereocenters. The van der Waals surface area contributed by atoms with Gasteiger partial charge in [0.25, 0.3) is 5.56 Å². The normalized spacial score (nSPS) is 13.9. The maximum Gasteiger partial charge on any atom is 0.303 e. The van der Waals surface area contributed by atoms with E-state index in [-0.39, 0.29) is 11.5 Å². The molecule has 0 amide bonds. The average Bonchev–Trinajstić information content (AvgIpc) is 3.06. The van der Waals surface area contributed by atoms with Gasteiger partial charge in [0.2, 0.25) is 0 Å². The summed E-state index contributed by atoms with van der Waals surface area (Å²) < 4.78 is 7.16. The van der Waals surface area contributed by atoms with Crippen LogP contribution in [0.3, 0.4) is 0 Å². The van der Waals surface area contributed by atoms with Crippen LogP contribution in [0.4, 0.5) is 0 Å². The van der Waals surface area contributed by atoms with E-state index in [0.717, 1.165) is 34.3 Å². The number of ether oxygens (including phenoxy) is 1. The lowest BCUT2D eigenvalue weighted by Gasteiger charge is -2.21. The van der Waals surface area contributed by atoms with Gasteiger partial charge in [-0.2, -0.15) is 0 Å². The summed E-state index contributed by atoms with van der Waals surface area (Å²) in [7, 11) is 0. The van der Waals surface area contributed by atoms with Gasteiger partial charge in [0.1, 0.15) is 6.10 Å². The molecule has 1 aliphatic heterocycles. The zero-order chi connectivity index (χ0) is 19.4. The first-order chi connectivity index (χ1) is 13.5. The number of carbonyl (C=O) groups excluding carboxylic acids is 1. The lowest BCUT2D eigenvalue weighted by atomic mass is 9.98. The van der Waals surface area contributed by atoms with Gasteiger partial charge in [-0.05, 0) is 36.4 Å². The Hall–Kier alpha value is -3.41. The first kappa shape index (κ1) is 16.7. The van der Waals surface area contributed by atoms with E-state index >= 15 is 0 Å². The van der Waals surface area contributed by atoms with Crippen LogP contribution in [0.1, 0.15) is 31.1 Å². The van der Waals surface area contributed by atoms with Crippen molar-refractivity contribution in [3.63, 3.8) is 0 Å². The van der Waals surface area contributed by atoms with Crippen LogP contribution in [0.2, 0.25) is 0 Å². The Labute approximate surface area is 160 Å². The Balaban J connectivity index is 1.80. The Kier molecular flexibility index (Phi) is 3.62. The molecule has 0 unspecified atom stereocenters. The van der Waals surface area contributed by atoms with E-state index in [1.807, 2.05) is 22.8 Å². The van der Waals surface area contributed by atoms with Crippen LogP contribution in [0.25, 0.3) is 33.1 Å². The molecule has 6 heteroatoms. The summed E-state index contributed by atoms with van der Waals surface area (Å²) in [6, 6.07) is 10.2. The van der Waals surface area contributed by atoms with Gasteiger partial charge < -0.3 is 14.3 Å². The zero-order valence-corrected chi connectivity index (χ0v) is 15.7. The van der Waals surface area contributed by atoms with E-state index in [0.29, 0.717) is 11.9 Å². The molecular weight excluding hydrogens is 354 g/mol. The number of esters is 1. The first-order valence-electron chi connectivity index (χ1n) is 9.33. The number of nitrogens with one attached hydrogen (secondary N) is 1. The molecule has 4 aromatic rings. The molecule has 1 aromatic carbocycles. The predicted octanol–water partition coefficient (Wildman–Crippen LogP) is 3.73. The third-order valence-corrected chi connectivity index (χ3v) is 5.50. The van der Waals surface area contributed by atoms with Crippen LogP contribution >= 0.6 is 0 Å². The fourth-order valence-electron chi connectivity index (χ4n) is 4.26. The average molecular weight is 373 g/mol. The van der Waals surface area contributed by atoms with Gasteiger partial charge in [-0.3, -0.25) is 14.6 Å². The van der Waals surface area contributed by atoms with E-state index in [9.17, 15) is 9.59 Å². The van der Waals surface area contributed by atoms with Gasteiger partial charge in [0.15, 0.2) is 0 Å². The Morgan fingerprint density at radius 2 is 2.04 bits per heavy atom. The Morgan fingerprint density at radius 3 is 2.86 bits per heavy atom. The molecule has 5 rings (SSSR count). The number of aromatic amines is 1. The number of para-hydroxylation sites is 1. The number of aromatic nitrogens is 3. The fraction of sp³-hybridized carbons (Fsp3) is 0.227. The zero-order valence-electron chi connectivity index (χ0n) is 15.7. The highest BCUT2D eigenvalue weighted by Crippen LogP contribution is 2.36. The second-order valence-corrected chi connectivity index (χ2v) is 7.20. The van der Waals surface area contributed by atoms with E-state index in [2.05, 4.69) is 22.1 Å². The Morgan fingerprint density at radius 1 is 1.21 bits per heavy atom. The van der Waals surface area contributed by atoms with Crippen molar-refractivity contribution in [3.8, 4) is 11.4 Å². The maximum absolute atomic E-state index is 13.2. The van der Waals surface area contributed by atoms with E-state index in [4.69, 9.17) is 4.74 Å². The van der Waals surface area contributed by atoms with Crippen LogP contribution in [0, 0.1) is 0 Å². The molecule has 0 fully saturated rings. The largest absolute Gasteiger partial charge is 0.458 e. The highest BCUT2D eigenvalue weighted by molar-refractivity contribution is 5.94. The van der Waals surface area contributed by atoms with Gasteiger partial charge >= 0.3 is 5.97 Å². The highest BCUT2D eigenvalue weighted by atomic mass is 16.5. The number of benzene rings is 1. The standard InChI is InChI=1S/C22H19N3O3/c1-12(28-13(2)26)17-10-23-11-18-16(17)9-20-21-15(7-8-25(20)22(18)27)14-5-3-4-6-19(14)24-21/h3-6,9-12,24H,7-8H2,1-2H3/t12-/m0/s1. The molecule has 140 valence electrons. The summed E-state index contributed by atoms with van der Waals surface area (Å²) in [5, 5.41) is 2.51. The third kappa shape index (κ3) is 2.37. The topological polar surface area (TPSA) is 77.0 Å². The number of carbonyl (C=O) groups is 1. The minimum atomic E-state index is -0.484. The summed E-state index contributed by atoms with van der Waals surface area (Å²) in [5.74, 6) is -0.364. The van der Waals surface area contributed by atoms with Gasteiger partial charge in [-0.15, -0.1) is 0 Å². The van der Waals surface area contributed by atoms with E-state index < -0.39 is 6.10 Å². The number of hydrogen-bond acceptors (Lipinski definition) is 4. The summed E-state index contributed by atoms with van der Waals surface area (Å²) in [4.78, 5) is 32.3. The minimum Gasteiger partial charge on any atom is -0.458 e. The van der Waals surface area contributed by atoms with Crippen molar-refractivity contribution in [2.24, 2.45) is 0 Å². The number of hydrogen-bond donors (Lipinski definition) is 1. The van der Waals surface area contributed by atoms with Gasteiger partial charge in [0.05, 0.1) is 16.8 Å². The highest BCUT2D eigenvalue weighted by Gasteiger charge is 2.24. The number of aryl methyl sites for hydroxylation is 1. The van der Waals surface area contributed by atoms with Crippen molar-refractivity contribution in [2.75, 3.05) is 0 Å². The fourth-order valence-corrected chi connectivity index (χ4v) is 4.26. The molecule has 28 heavy (non-hydrogen) atoms. The molecule has 0 radical (unpaired) electrons. The van der Waals surface area contributed by atoms with Crippen LogP contribution in [-0.2, 0) is 22.5 Å². The number of rotatable bonds is 2. The number of nitrogens with zero attached hydrogens (tertiary/aromatic N) is 2. The monoisotopic (exact) mass is 373 g/mol. The SMILES string of the molecule is CC(=O)O[C@@H](C)c1cncc2c(=O)n3c(cc12)-c1[nH]c2ccccc2c1CC3. The van der Waals surface area contributed by atoms with Crippen LogP contribution in [-0.4, -0.2) is 20.5 Å². The van der Waals surface area contributed by atoms with Gasteiger partial charge in [-0.25, -0.2) is 0 Å². The van der Waals surface area contributed by atoms with Crippen molar-refractivity contribution in [2.45, 2.75) is 32.9 Å². The van der Waals surface area contributed by atoms with Crippen LogP contribution in [0.5, 0.6) is 0 Å². The second kappa shape index (κ2) is 6.05. The van der Waals surface area contributed by atoms with Crippen LogP contribution in [0.15, 0.2) is 47.5 Å². The maximum atomic E-state index is 13.2. The summed E-state index contributed by atoms with van der Waals surface area (Å²) >= 11 is 0. The van der Waals surface area contributed by atoms with E-state index in [1.165, 1.54) is 17.9 Å². The number of fused-ring (bicyclic) bond motifs is 6. The lowest BCUT2D eigenvalue weighted by molar-refractivity contribution is -0.145. The quantitative estimate of drug-likeness (QED) is 0.543. The van der Waals surface area contributed by atoms with Crippen LogP contribution < -0.4 is 5.56 Å². The molecule has 0 aliphatic carbocycles. The molecule has 6 nitrogen and oxygen atoms in total. The van der Waals surface area contributed by atoms with Crippen molar-refractivity contribution >= 4 is 27.6 Å². The molecule has 0 saturated heterocycles. The van der Waals surface area contributed by atoms with Crippen molar-refractivity contribution < 1.29 is 9.53 Å². The smallest absolute Gasteiger partial charge is 0.303 e. The summed E-state index contributed by atoms with van der Waals surface area (Å²) in [5.41, 5.74) is 4.80. The summed E-state index contributed by atoms with van der Waals surface area (Å²) in [6.07, 6.45) is 3.58. The number of H-pyrrole nitrogens is 1. The predicted molar refractivity (Wildman–Crippen MR) is 107 cm³/mol. The van der Waals surface area contributed by atoms with Crippen molar-refractivity contribution in [3.05, 3.63) is 64.2 Å².